The number of hydrogen-bond donors (Lipinski definition) is 0. The normalized spacial score (nSPS) is 31.5. The molecule has 5 rings (SSSR count). The third-order valence-electron chi connectivity index (χ3n) is 6.32. The van der Waals surface area contributed by atoms with Gasteiger partial charge in [0.05, 0.1) is 30.8 Å². The predicted octanol–water partition coefficient (Wildman–Crippen LogP) is 2.74. The van der Waals surface area contributed by atoms with E-state index in [-0.39, 0.29) is 6.61 Å². The van der Waals surface area contributed by atoms with E-state index in [1.165, 1.54) is 7.11 Å². The Morgan fingerprint density at radius 1 is 0.939 bits per heavy atom. The molecule has 0 N–H and O–H groups in total. The highest BCUT2D eigenvalue weighted by molar-refractivity contribution is 5.90. The molecule has 170 valence electrons. The van der Waals surface area contributed by atoms with Crippen LogP contribution in [0.1, 0.15) is 20.7 Å². The van der Waals surface area contributed by atoms with Gasteiger partial charge in [-0.15, -0.1) is 0 Å². The first-order valence-electron chi connectivity index (χ1n) is 10.6. The lowest BCUT2D eigenvalue weighted by molar-refractivity contribution is -0.279. The zero-order valence-corrected chi connectivity index (χ0v) is 17.8. The van der Waals surface area contributed by atoms with Crippen LogP contribution in [-0.2, 0) is 28.5 Å². The van der Waals surface area contributed by atoms with Gasteiger partial charge in [-0.05, 0) is 30.3 Å². The largest absolute Gasteiger partial charge is 0.469 e. The monoisotopic (exact) mass is 450 g/mol. The molecule has 2 fully saturated rings. The van der Waals surface area contributed by atoms with Crippen LogP contribution in [0.25, 0.3) is 0 Å². The number of rotatable bonds is 5. The Bertz CT molecular complexity index is 1080. The molecule has 8 nitrogen and oxygen atoms in total. The summed E-state index contributed by atoms with van der Waals surface area (Å²) in [5, 5.41) is 0. The highest BCUT2D eigenvalue weighted by atomic mass is 16.8. The van der Waals surface area contributed by atoms with Crippen molar-refractivity contribution in [3.05, 3.63) is 83.9 Å². The summed E-state index contributed by atoms with van der Waals surface area (Å²) in [7, 11) is 1.26. The van der Waals surface area contributed by atoms with Crippen LogP contribution in [0.3, 0.4) is 0 Å². The zero-order chi connectivity index (χ0) is 23.0. The summed E-state index contributed by atoms with van der Waals surface area (Å²) >= 11 is 0. The Labute approximate surface area is 190 Å². The first kappa shape index (κ1) is 21.4. The number of ether oxygens (including phenoxy) is 5. The van der Waals surface area contributed by atoms with Crippen LogP contribution >= 0.6 is 0 Å². The maximum absolute atomic E-state index is 12.8. The Kier molecular flexibility index (Phi) is 5.47. The quantitative estimate of drug-likeness (QED) is 0.390. The molecular formula is C25H22O8. The summed E-state index contributed by atoms with van der Waals surface area (Å²) < 4.78 is 28.2. The lowest BCUT2D eigenvalue weighted by Gasteiger charge is -2.41. The van der Waals surface area contributed by atoms with E-state index in [1.807, 2.05) is 6.07 Å². The standard InChI is InChI=1S/C25H22O8/c1-29-22(28)18-17-12-13-25(33-21(27)16-10-6-3-7-11-16)14-30-24(19(17)25)32-23(18)31-20(26)15-8-4-2-5-9-15/h2-13,17-19,23-24H,14H2,1H3/t17-,18+,19-,23-,24-,25-/m1/s1. The van der Waals surface area contributed by atoms with Gasteiger partial charge in [0.25, 0.3) is 0 Å². The van der Waals surface area contributed by atoms with E-state index in [2.05, 4.69) is 0 Å². The number of benzene rings is 2. The molecule has 0 spiro atoms. The fraction of sp³-hybridized carbons (Fsp3) is 0.320. The molecular weight excluding hydrogens is 428 g/mol. The molecule has 2 aromatic carbocycles. The van der Waals surface area contributed by atoms with Crippen molar-refractivity contribution in [3.8, 4) is 0 Å². The van der Waals surface area contributed by atoms with Crippen molar-refractivity contribution in [2.24, 2.45) is 17.8 Å². The molecule has 2 saturated heterocycles. The van der Waals surface area contributed by atoms with Crippen molar-refractivity contribution in [1.29, 1.82) is 0 Å². The fourth-order valence-electron chi connectivity index (χ4n) is 4.76. The molecule has 2 aromatic rings. The number of methoxy groups -OCH3 is 1. The van der Waals surface area contributed by atoms with E-state index in [1.54, 1.807) is 66.7 Å². The first-order chi connectivity index (χ1) is 16.0. The fourth-order valence-corrected chi connectivity index (χ4v) is 4.76. The number of hydrogen-bond acceptors (Lipinski definition) is 8. The topological polar surface area (TPSA) is 97.4 Å². The van der Waals surface area contributed by atoms with Gasteiger partial charge in [0.2, 0.25) is 6.29 Å². The highest BCUT2D eigenvalue weighted by Gasteiger charge is 2.65. The van der Waals surface area contributed by atoms with E-state index >= 15 is 0 Å². The van der Waals surface area contributed by atoms with E-state index in [4.69, 9.17) is 23.7 Å². The minimum atomic E-state index is -1.22. The van der Waals surface area contributed by atoms with Crippen LogP contribution in [0.2, 0.25) is 0 Å². The molecule has 0 saturated carbocycles. The predicted molar refractivity (Wildman–Crippen MR) is 113 cm³/mol. The van der Waals surface area contributed by atoms with Crippen molar-refractivity contribution >= 4 is 17.9 Å². The van der Waals surface area contributed by atoms with Gasteiger partial charge >= 0.3 is 17.9 Å². The van der Waals surface area contributed by atoms with Crippen molar-refractivity contribution in [2.75, 3.05) is 13.7 Å². The molecule has 0 radical (unpaired) electrons. The van der Waals surface area contributed by atoms with Crippen LogP contribution in [0, 0.1) is 17.8 Å². The Morgan fingerprint density at radius 2 is 1.58 bits per heavy atom. The van der Waals surface area contributed by atoms with E-state index in [0.29, 0.717) is 11.1 Å². The third kappa shape index (κ3) is 3.71. The summed E-state index contributed by atoms with van der Waals surface area (Å²) in [4.78, 5) is 38.2. The van der Waals surface area contributed by atoms with Gasteiger partial charge in [-0.25, -0.2) is 9.59 Å². The number of allylic oxidation sites excluding steroid dienone is 1. The Hall–Kier alpha value is -3.49. The van der Waals surface area contributed by atoms with Gasteiger partial charge < -0.3 is 23.7 Å². The molecule has 0 amide bonds. The molecule has 3 aliphatic rings. The molecule has 0 unspecified atom stereocenters. The minimum Gasteiger partial charge on any atom is -0.469 e. The second-order valence-electron chi connectivity index (χ2n) is 8.18. The first-order valence-corrected chi connectivity index (χ1v) is 10.6. The van der Waals surface area contributed by atoms with Crippen molar-refractivity contribution in [1.82, 2.24) is 0 Å². The van der Waals surface area contributed by atoms with E-state index in [0.717, 1.165) is 0 Å². The molecule has 33 heavy (non-hydrogen) atoms. The second-order valence-corrected chi connectivity index (χ2v) is 8.18. The molecule has 6 atom stereocenters. The Morgan fingerprint density at radius 3 is 2.21 bits per heavy atom. The summed E-state index contributed by atoms with van der Waals surface area (Å²) in [6, 6.07) is 17.0. The molecule has 2 aliphatic heterocycles. The lowest BCUT2D eigenvalue weighted by Crippen LogP contribution is -2.54. The summed E-state index contributed by atoms with van der Waals surface area (Å²) in [6.07, 6.45) is 1.48. The van der Waals surface area contributed by atoms with Crippen LogP contribution in [0.4, 0.5) is 0 Å². The van der Waals surface area contributed by atoms with Crippen molar-refractivity contribution < 1.29 is 38.1 Å². The number of carbonyl (C=O) groups excluding carboxylic acids is 3. The van der Waals surface area contributed by atoms with Gasteiger partial charge in [-0.1, -0.05) is 42.5 Å². The second kappa shape index (κ2) is 8.46. The van der Waals surface area contributed by atoms with Crippen LogP contribution in [0.15, 0.2) is 72.8 Å². The molecule has 2 heterocycles. The van der Waals surface area contributed by atoms with Gasteiger partial charge in [0, 0.05) is 5.92 Å². The minimum absolute atomic E-state index is 0.0567. The van der Waals surface area contributed by atoms with Gasteiger partial charge in [0.15, 0.2) is 11.9 Å². The highest BCUT2D eigenvalue weighted by Crippen LogP contribution is 2.53. The van der Waals surface area contributed by atoms with Gasteiger partial charge in [0.1, 0.15) is 5.92 Å². The van der Waals surface area contributed by atoms with E-state index < -0.39 is 53.8 Å². The van der Waals surface area contributed by atoms with Crippen molar-refractivity contribution in [3.63, 3.8) is 0 Å². The average Bonchev–Trinajstić information content (AvgIpc) is 3.39. The molecule has 0 bridgehead atoms. The zero-order valence-electron chi connectivity index (χ0n) is 17.8. The SMILES string of the molecule is COC(=O)[C@H]1[C@H](OC(=O)c2ccccc2)O[C@H]2OC[C@]3(OC(=O)c4ccccc4)C=C[C@H]1[C@H]23. The van der Waals surface area contributed by atoms with E-state index in [9.17, 15) is 14.4 Å². The summed E-state index contributed by atoms with van der Waals surface area (Å²) in [6.45, 7) is 0.0567. The molecule has 1 aliphatic carbocycles. The number of carbonyl (C=O) groups is 3. The average molecular weight is 450 g/mol. The summed E-state index contributed by atoms with van der Waals surface area (Å²) in [5.74, 6) is -3.63. The maximum Gasteiger partial charge on any atom is 0.340 e. The number of esters is 3. The Balaban J connectivity index is 1.40. The van der Waals surface area contributed by atoms with Gasteiger partial charge in [-0.3, -0.25) is 4.79 Å². The van der Waals surface area contributed by atoms with Crippen molar-refractivity contribution in [2.45, 2.75) is 18.2 Å². The lowest BCUT2D eigenvalue weighted by atomic mass is 9.76. The van der Waals surface area contributed by atoms with Crippen LogP contribution in [0.5, 0.6) is 0 Å². The van der Waals surface area contributed by atoms with Crippen LogP contribution < -0.4 is 0 Å². The molecule has 8 heteroatoms. The van der Waals surface area contributed by atoms with Crippen LogP contribution in [-0.4, -0.2) is 49.8 Å². The smallest absolute Gasteiger partial charge is 0.340 e. The summed E-state index contributed by atoms with van der Waals surface area (Å²) in [5.41, 5.74) is -0.362. The third-order valence-corrected chi connectivity index (χ3v) is 6.32. The molecule has 0 aromatic heterocycles. The van der Waals surface area contributed by atoms with Gasteiger partial charge in [-0.2, -0.15) is 0 Å². The maximum atomic E-state index is 12.8.